The average Bonchev–Trinajstić information content (AvgIpc) is 3.29. The van der Waals surface area contributed by atoms with Gasteiger partial charge in [0.05, 0.1) is 8.07 Å². The van der Waals surface area contributed by atoms with E-state index in [1.165, 1.54) is 38.4 Å². The quantitative estimate of drug-likeness (QED) is 0.246. The molecule has 0 spiro atoms. The SMILES string of the molecule is CC1=C2c3oc(C)cc3C1[Si]2(C)C.Cc1cc2c(ccc3ccccc32)[cH-]1.[Cl-].[Cl-].[Zr+3]. The first kappa shape index (κ1) is 25.3. The molecule has 153 valence electrons. The molecule has 2 bridgehead atoms. The molecule has 30 heavy (non-hydrogen) atoms. The van der Waals surface area contributed by atoms with Crippen molar-refractivity contribution < 1.29 is 55.4 Å². The topological polar surface area (TPSA) is 13.1 Å². The zero-order valence-corrected chi connectivity index (χ0v) is 22.9. The van der Waals surface area contributed by atoms with Gasteiger partial charge < -0.3 is 29.2 Å². The van der Waals surface area contributed by atoms with Gasteiger partial charge in [0.1, 0.15) is 11.5 Å². The molecule has 4 aromatic rings. The molecule has 3 aromatic carbocycles. The molecule has 0 saturated heterocycles. The van der Waals surface area contributed by atoms with E-state index in [4.69, 9.17) is 4.42 Å². The second-order valence-corrected chi connectivity index (χ2v) is 13.2. The summed E-state index contributed by atoms with van der Waals surface area (Å²) in [6.07, 6.45) is 0. The Morgan fingerprint density at radius 1 is 0.900 bits per heavy atom. The molecule has 3 aliphatic rings. The Hall–Kier alpha value is -0.990. The normalized spacial score (nSPS) is 17.2. The fraction of sp³-hybridized carbons (Fsp3) is 0.240. The van der Waals surface area contributed by atoms with E-state index in [9.17, 15) is 0 Å². The fourth-order valence-electron chi connectivity index (χ4n) is 5.41. The third-order valence-corrected chi connectivity index (χ3v) is 10.5. The van der Waals surface area contributed by atoms with Crippen LogP contribution in [0.5, 0.6) is 0 Å². The van der Waals surface area contributed by atoms with Gasteiger partial charge in [0.15, 0.2) is 0 Å². The first-order valence-corrected chi connectivity index (χ1v) is 12.8. The van der Waals surface area contributed by atoms with Crippen molar-refractivity contribution in [2.24, 2.45) is 0 Å². The Bertz CT molecular complexity index is 1250. The van der Waals surface area contributed by atoms with Crippen LogP contribution >= 0.6 is 0 Å². The van der Waals surface area contributed by atoms with Gasteiger partial charge in [-0.25, -0.2) is 0 Å². The molecule has 3 heterocycles. The predicted molar refractivity (Wildman–Crippen MR) is 118 cm³/mol. The zero-order chi connectivity index (χ0) is 18.9. The van der Waals surface area contributed by atoms with Crippen molar-refractivity contribution in [2.45, 2.75) is 39.4 Å². The van der Waals surface area contributed by atoms with Crippen LogP contribution in [0.4, 0.5) is 0 Å². The van der Waals surface area contributed by atoms with Crippen LogP contribution in [0, 0.1) is 13.8 Å². The van der Waals surface area contributed by atoms with E-state index in [-0.39, 0.29) is 51.0 Å². The maximum Gasteiger partial charge on any atom is 3.00 e. The molecule has 7 rings (SSSR count). The van der Waals surface area contributed by atoms with Gasteiger partial charge >= 0.3 is 26.2 Å². The molecule has 1 nitrogen and oxygen atoms in total. The van der Waals surface area contributed by atoms with Crippen LogP contribution in [0.3, 0.4) is 0 Å². The Balaban J connectivity index is 0.000000195. The average molecular weight is 532 g/mol. The number of halogens is 2. The molecule has 0 fully saturated rings. The number of aryl methyl sites for hydroxylation is 2. The predicted octanol–water partition coefficient (Wildman–Crippen LogP) is 1.28. The van der Waals surface area contributed by atoms with Crippen LogP contribution in [0.15, 0.2) is 64.6 Å². The number of rotatable bonds is 0. The van der Waals surface area contributed by atoms with Crippen molar-refractivity contribution in [1.82, 2.24) is 0 Å². The van der Waals surface area contributed by atoms with E-state index in [0.717, 1.165) is 11.3 Å². The summed E-state index contributed by atoms with van der Waals surface area (Å²) in [7, 11) is -1.10. The summed E-state index contributed by atoms with van der Waals surface area (Å²) in [5.74, 6) is 2.31. The minimum Gasteiger partial charge on any atom is -1.00 e. The minimum absolute atomic E-state index is 0. The molecule has 2 aliphatic heterocycles. The number of benzene rings is 2. The summed E-state index contributed by atoms with van der Waals surface area (Å²) < 4.78 is 5.76. The Morgan fingerprint density at radius 2 is 1.60 bits per heavy atom. The van der Waals surface area contributed by atoms with E-state index in [1.54, 1.807) is 10.8 Å². The molecular formula is C25H25Cl2OSiZr. The van der Waals surface area contributed by atoms with Crippen LogP contribution < -0.4 is 24.8 Å². The third-order valence-electron chi connectivity index (χ3n) is 6.38. The van der Waals surface area contributed by atoms with Gasteiger partial charge in [-0.2, -0.15) is 6.07 Å². The number of fused-ring (bicyclic) bond motifs is 3. The summed E-state index contributed by atoms with van der Waals surface area (Å²) in [6, 6.07) is 19.7. The fourth-order valence-corrected chi connectivity index (χ4v) is 9.63. The van der Waals surface area contributed by atoms with Gasteiger partial charge in [-0.3, -0.25) is 0 Å². The molecule has 1 aromatic heterocycles. The van der Waals surface area contributed by atoms with Crippen molar-refractivity contribution in [1.29, 1.82) is 0 Å². The van der Waals surface area contributed by atoms with Crippen molar-refractivity contribution >= 4 is 34.8 Å². The van der Waals surface area contributed by atoms with Gasteiger partial charge in [-0.15, -0.1) is 28.5 Å². The molecule has 1 unspecified atom stereocenters. The minimum atomic E-state index is -1.10. The largest absolute Gasteiger partial charge is 3.00 e. The first-order chi connectivity index (χ1) is 12.9. The van der Waals surface area contributed by atoms with Crippen molar-refractivity contribution in [3.05, 3.63) is 82.8 Å². The van der Waals surface area contributed by atoms with Crippen molar-refractivity contribution in [2.75, 3.05) is 0 Å². The summed E-state index contributed by atoms with van der Waals surface area (Å²) in [6.45, 7) is 11.4. The first-order valence-electron chi connectivity index (χ1n) is 9.74. The number of furan rings is 1. The molecule has 1 radical (unpaired) electrons. The molecule has 5 heteroatoms. The second kappa shape index (κ2) is 8.87. The molecule has 0 N–H and O–H groups in total. The monoisotopic (exact) mass is 529 g/mol. The van der Waals surface area contributed by atoms with Crippen LogP contribution in [0.1, 0.15) is 35.1 Å². The van der Waals surface area contributed by atoms with Gasteiger partial charge in [-0.1, -0.05) is 61.3 Å². The number of hydrogen-bond donors (Lipinski definition) is 0. The standard InChI is InChI=1S/C14H11.C11H14OSi.2ClH.Zr/c1-10-8-12-7-6-11-4-2-3-5-13(11)14(12)9-10;1-6-5-8-9(12-6)11-7(2)10(8)13(11,3)4;;;/h2-9H,1H3;5,10H,1-4H3;2*1H;/q-1;;;;+3/p-2. The van der Waals surface area contributed by atoms with Crippen LogP contribution in [0.25, 0.3) is 26.7 Å². The van der Waals surface area contributed by atoms with Crippen molar-refractivity contribution in [3.63, 3.8) is 0 Å². The summed E-state index contributed by atoms with van der Waals surface area (Å²) in [5.41, 5.74) is 5.19. The molecule has 1 atom stereocenters. The van der Waals surface area contributed by atoms with Crippen LogP contribution in [0.2, 0.25) is 13.1 Å². The van der Waals surface area contributed by atoms with E-state index in [2.05, 4.69) is 81.5 Å². The molecule has 0 amide bonds. The van der Waals surface area contributed by atoms with Gasteiger partial charge in [-0.05, 0) is 30.5 Å². The Labute approximate surface area is 211 Å². The maximum atomic E-state index is 5.76. The summed E-state index contributed by atoms with van der Waals surface area (Å²) in [5, 5.41) is 7.01. The van der Waals surface area contributed by atoms with E-state index in [0.29, 0.717) is 0 Å². The third kappa shape index (κ3) is 3.62. The summed E-state index contributed by atoms with van der Waals surface area (Å²) in [4.78, 5) is 0. The van der Waals surface area contributed by atoms with Gasteiger partial charge in [0.25, 0.3) is 0 Å². The Morgan fingerprint density at radius 3 is 2.27 bits per heavy atom. The Kier molecular flexibility index (Phi) is 7.47. The summed E-state index contributed by atoms with van der Waals surface area (Å²) >= 11 is 0. The zero-order valence-electron chi connectivity index (χ0n) is 17.9. The number of allylic oxidation sites excluding steroid dienone is 1. The van der Waals surface area contributed by atoms with Crippen molar-refractivity contribution in [3.8, 4) is 0 Å². The van der Waals surface area contributed by atoms with Crippen LogP contribution in [-0.4, -0.2) is 8.07 Å². The van der Waals surface area contributed by atoms with E-state index < -0.39 is 8.07 Å². The molecule has 0 saturated carbocycles. The molecule has 1 aliphatic carbocycles. The van der Waals surface area contributed by atoms with Crippen LogP contribution in [-0.2, 0) is 26.2 Å². The van der Waals surface area contributed by atoms with Gasteiger partial charge in [0.2, 0.25) is 0 Å². The number of hydrogen-bond acceptors (Lipinski definition) is 1. The maximum absolute atomic E-state index is 5.76. The molecular weight excluding hydrogens is 506 g/mol. The van der Waals surface area contributed by atoms with E-state index in [1.807, 2.05) is 6.92 Å². The second-order valence-electron chi connectivity index (χ2n) is 8.68. The van der Waals surface area contributed by atoms with Gasteiger partial charge in [0, 0.05) is 11.1 Å². The smallest absolute Gasteiger partial charge is 1.00 e. The van der Waals surface area contributed by atoms with E-state index >= 15 is 0 Å².